The van der Waals surface area contributed by atoms with Gasteiger partial charge in [0.25, 0.3) is 0 Å². The number of ether oxygens (including phenoxy) is 1. The number of benzene rings is 1. The Morgan fingerprint density at radius 2 is 2.00 bits per heavy atom. The molecule has 0 amide bonds. The van der Waals surface area contributed by atoms with Gasteiger partial charge in [0.2, 0.25) is 0 Å². The van der Waals surface area contributed by atoms with Gasteiger partial charge in [0, 0.05) is 5.75 Å². The normalized spacial score (nSPS) is 21.1. The topological polar surface area (TPSA) is 9.23 Å². The van der Waals surface area contributed by atoms with Crippen LogP contribution in [-0.2, 0) is 0 Å². The fraction of sp³-hybridized carbons (Fsp3) is 0.500. The van der Waals surface area contributed by atoms with Crippen molar-refractivity contribution < 1.29 is 4.74 Å². The minimum atomic E-state index is 0.430. The number of thioether (sulfide) groups is 1. The van der Waals surface area contributed by atoms with Crippen LogP contribution in [0.15, 0.2) is 18.2 Å². The predicted octanol–water partition coefficient (Wildman–Crippen LogP) is 3.19. The van der Waals surface area contributed by atoms with Crippen LogP contribution >= 0.6 is 11.8 Å². The summed E-state index contributed by atoms with van der Waals surface area (Å²) in [4.78, 5) is 0. The second kappa shape index (κ2) is 4.26. The lowest BCUT2D eigenvalue weighted by atomic mass is 10.1. The minimum Gasteiger partial charge on any atom is -0.489 e. The minimum absolute atomic E-state index is 0.430. The molecule has 1 nitrogen and oxygen atoms in total. The third-order valence-electron chi connectivity index (χ3n) is 2.58. The third-order valence-corrected chi connectivity index (χ3v) is 3.71. The first-order valence-corrected chi connectivity index (χ1v) is 6.23. The molecular weight excluding hydrogens is 192 g/mol. The molecule has 0 radical (unpaired) electrons. The number of aryl methyl sites for hydroxylation is 2. The summed E-state index contributed by atoms with van der Waals surface area (Å²) in [6.45, 7) is 4.23. The monoisotopic (exact) mass is 208 g/mol. The van der Waals surface area contributed by atoms with Gasteiger partial charge < -0.3 is 4.74 Å². The van der Waals surface area contributed by atoms with E-state index in [0.717, 1.165) is 11.5 Å². The molecule has 0 aromatic heterocycles. The van der Waals surface area contributed by atoms with Crippen molar-refractivity contribution >= 4 is 11.8 Å². The van der Waals surface area contributed by atoms with Gasteiger partial charge in [0.1, 0.15) is 11.9 Å². The van der Waals surface area contributed by atoms with Gasteiger partial charge in [-0.15, -0.1) is 0 Å². The molecule has 1 atom stereocenters. The van der Waals surface area contributed by atoms with Crippen LogP contribution in [0.3, 0.4) is 0 Å². The van der Waals surface area contributed by atoms with Crippen LogP contribution in [0.4, 0.5) is 0 Å². The van der Waals surface area contributed by atoms with Gasteiger partial charge in [-0.3, -0.25) is 0 Å². The molecular formula is C12H16OS. The Morgan fingerprint density at radius 3 is 2.57 bits per heavy atom. The lowest BCUT2D eigenvalue weighted by Crippen LogP contribution is -2.16. The molecule has 1 aromatic rings. The summed E-state index contributed by atoms with van der Waals surface area (Å²) in [7, 11) is 0. The van der Waals surface area contributed by atoms with E-state index in [9.17, 15) is 0 Å². The third kappa shape index (κ3) is 2.06. The van der Waals surface area contributed by atoms with Crippen LogP contribution in [0.1, 0.15) is 17.5 Å². The van der Waals surface area contributed by atoms with Crippen LogP contribution in [0.5, 0.6) is 5.75 Å². The van der Waals surface area contributed by atoms with E-state index in [-0.39, 0.29) is 0 Å². The lowest BCUT2D eigenvalue weighted by molar-refractivity contribution is 0.226. The smallest absolute Gasteiger partial charge is 0.125 e. The average Bonchev–Trinajstić information content (AvgIpc) is 2.64. The molecule has 1 unspecified atom stereocenters. The van der Waals surface area contributed by atoms with Crippen molar-refractivity contribution in [1.29, 1.82) is 0 Å². The second-order valence-electron chi connectivity index (χ2n) is 3.82. The van der Waals surface area contributed by atoms with Crippen LogP contribution in [0.2, 0.25) is 0 Å². The van der Waals surface area contributed by atoms with Gasteiger partial charge >= 0.3 is 0 Å². The number of rotatable bonds is 2. The van der Waals surface area contributed by atoms with Crippen molar-refractivity contribution in [3.8, 4) is 5.75 Å². The molecule has 2 rings (SSSR count). The highest BCUT2D eigenvalue weighted by atomic mass is 32.2. The molecule has 2 heteroatoms. The van der Waals surface area contributed by atoms with E-state index < -0.39 is 0 Å². The number of hydrogen-bond donors (Lipinski definition) is 0. The predicted molar refractivity (Wildman–Crippen MR) is 62.3 cm³/mol. The molecule has 0 saturated carbocycles. The van der Waals surface area contributed by atoms with Crippen LogP contribution in [0, 0.1) is 13.8 Å². The first-order chi connectivity index (χ1) is 6.77. The maximum Gasteiger partial charge on any atom is 0.125 e. The second-order valence-corrected chi connectivity index (χ2v) is 4.97. The Hall–Kier alpha value is -0.630. The summed E-state index contributed by atoms with van der Waals surface area (Å²) in [6, 6.07) is 6.32. The summed E-state index contributed by atoms with van der Waals surface area (Å²) >= 11 is 1.99. The Bertz CT molecular complexity index is 296. The Balaban J connectivity index is 2.14. The van der Waals surface area contributed by atoms with E-state index in [2.05, 4.69) is 32.0 Å². The zero-order valence-corrected chi connectivity index (χ0v) is 9.56. The molecule has 14 heavy (non-hydrogen) atoms. The van der Waals surface area contributed by atoms with Gasteiger partial charge in [-0.05, 0) is 37.1 Å². The van der Waals surface area contributed by atoms with Crippen molar-refractivity contribution in [2.75, 3.05) is 11.5 Å². The van der Waals surface area contributed by atoms with Crippen molar-refractivity contribution in [2.45, 2.75) is 26.4 Å². The van der Waals surface area contributed by atoms with Gasteiger partial charge in [0.15, 0.2) is 0 Å². The highest BCUT2D eigenvalue weighted by molar-refractivity contribution is 7.99. The summed E-state index contributed by atoms with van der Waals surface area (Å²) in [5.41, 5.74) is 2.50. The van der Waals surface area contributed by atoms with Crippen molar-refractivity contribution in [3.63, 3.8) is 0 Å². The number of para-hydroxylation sites is 1. The van der Waals surface area contributed by atoms with Gasteiger partial charge in [-0.25, -0.2) is 0 Å². The van der Waals surface area contributed by atoms with E-state index in [1.807, 2.05) is 11.8 Å². The summed E-state index contributed by atoms with van der Waals surface area (Å²) in [6.07, 6.45) is 1.62. The molecule has 0 spiro atoms. The summed E-state index contributed by atoms with van der Waals surface area (Å²) in [5.74, 6) is 3.49. The molecule has 1 heterocycles. The standard InChI is InChI=1S/C12H16OS/c1-9-4-3-5-10(2)12(9)13-11-6-7-14-8-11/h3-5,11H,6-8H2,1-2H3. The molecule has 1 saturated heterocycles. The zero-order chi connectivity index (χ0) is 9.97. The van der Waals surface area contributed by atoms with E-state index in [1.165, 1.54) is 23.3 Å². The van der Waals surface area contributed by atoms with Crippen LogP contribution in [0.25, 0.3) is 0 Å². The molecule has 0 bridgehead atoms. The number of hydrogen-bond acceptors (Lipinski definition) is 2. The van der Waals surface area contributed by atoms with Gasteiger partial charge in [-0.1, -0.05) is 18.2 Å². The van der Waals surface area contributed by atoms with Gasteiger partial charge in [-0.2, -0.15) is 11.8 Å². The highest BCUT2D eigenvalue weighted by Gasteiger charge is 2.18. The molecule has 0 N–H and O–H groups in total. The lowest BCUT2D eigenvalue weighted by Gasteiger charge is -2.16. The molecule has 1 aliphatic rings. The fourth-order valence-electron chi connectivity index (χ4n) is 1.76. The molecule has 0 aliphatic carbocycles. The van der Waals surface area contributed by atoms with Crippen molar-refractivity contribution in [2.24, 2.45) is 0 Å². The largest absolute Gasteiger partial charge is 0.489 e. The Labute approximate surface area is 89.9 Å². The maximum absolute atomic E-state index is 6.02. The SMILES string of the molecule is Cc1cccc(C)c1OC1CCSC1. The zero-order valence-electron chi connectivity index (χ0n) is 8.75. The molecule has 1 aromatic carbocycles. The van der Waals surface area contributed by atoms with Gasteiger partial charge in [0.05, 0.1) is 0 Å². The van der Waals surface area contributed by atoms with E-state index in [1.54, 1.807) is 0 Å². The first-order valence-electron chi connectivity index (χ1n) is 5.08. The average molecular weight is 208 g/mol. The fourth-order valence-corrected chi connectivity index (χ4v) is 2.85. The maximum atomic E-state index is 6.02. The Kier molecular flexibility index (Phi) is 3.02. The molecule has 76 valence electrons. The Morgan fingerprint density at radius 1 is 1.29 bits per heavy atom. The highest BCUT2D eigenvalue weighted by Crippen LogP contribution is 2.28. The van der Waals surface area contributed by atoms with Crippen LogP contribution < -0.4 is 4.74 Å². The summed E-state index contributed by atoms with van der Waals surface area (Å²) < 4.78 is 6.02. The van der Waals surface area contributed by atoms with E-state index >= 15 is 0 Å². The van der Waals surface area contributed by atoms with E-state index in [4.69, 9.17) is 4.74 Å². The van der Waals surface area contributed by atoms with Crippen LogP contribution in [-0.4, -0.2) is 17.6 Å². The quantitative estimate of drug-likeness (QED) is 0.738. The molecule has 1 aliphatic heterocycles. The van der Waals surface area contributed by atoms with Crippen molar-refractivity contribution in [1.82, 2.24) is 0 Å². The first kappa shape index (κ1) is 9.91. The molecule has 1 fully saturated rings. The van der Waals surface area contributed by atoms with Crippen molar-refractivity contribution in [3.05, 3.63) is 29.3 Å². The van der Waals surface area contributed by atoms with E-state index in [0.29, 0.717) is 6.10 Å². The summed E-state index contributed by atoms with van der Waals surface area (Å²) in [5, 5.41) is 0.